The lowest BCUT2D eigenvalue weighted by Gasteiger charge is -2.10. The highest BCUT2D eigenvalue weighted by Crippen LogP contribution is 2.22. The first-order valence-electron chi connectivity index (χ1n) is 7.21. The molecule has 1 aromatic carbocycles. The van der Waals surface area contributed by atoms with Gasteiger partial charge >= 0.3 is 0 Å². The second-order valence-corrected chi connectivity index (χ2v) is 5.94. The van der Waals surface area contributed by atoms with Crippen molar-refractivity contribution in [3.63, 3.8) is 0 Å². The number of hydrogen-bond donors (Lipinski definition) is 2. The number of aromatic nitrogens is 3. The van der Waals surface area contributed by atoms with Gasteiger partial charge in [0, 0.05) is 22.6 Å². The summed E-state index contributed by atoms with van der Waals surface area (Å²) in [4.78, 5) is 13.0. The first-order chi connectivity index (χ1) is 11.2. The molecule has 3 rings (SSSR count). The van der Waals surface area contributed by atoms with E-state index in [-0.39, 0.29) is 0 Å². The number of nitrogens with zero attached hydrogens (tertiary/aromatic N) is 3. The van der Waals surface area contributed by atoms with E-state index in [4.69, 9.17) is 0 Å². The molecule has 2 aromatic heterocycles. The van der Waals surface area contributed by atoms with Crippen molar-refractivity contribution in [3.8, 4) is 0 Å². The summed E-state index contributed by atoms with van der Waals surface area (Å²) in [5, 5.41) is 6.49. The van der Waals surface area contributed by atoms with Crippen molar-refractivity contribution in [1.82, 2.24) is 15.0 Å². The van der Waals surface area contributed by atoms with Gasteiger partial charge in [-0.1, -0.05) is 22.0 Å². The summed E-state index contributed by atoms with van der Waals surface area (Å²) in [5.74, 6) is 1.31. The molecule has 2 N–H and O–H groups in total. The molecule has 0 saturated heterocycles. The van der Waals surface area contributed by atoms with Crippen LogP contribution in [-0.2, 0) is 6.54 Å². The Bertz CT molecular complexity index is 792. The molecular formula is C17H16BrN5. The summed E-state index contributed by atoms with van der Waals surface area (Å²) in [5.41, 5.74) is 3.06. The van der Waals surface area contributed by atoms with Gasteiger partial charge in [-0.05, 0) is 48.9 Å². The van der Waals surface area contributed by atoms with Crippen molar-refractivity contribution in [3.05, 3.63) is 70.6 Å². The van der Waals surface area contributed by atoms with Gasteiger partial charge < -0.3 is 10.6 Å². The molecule has 0 spiro atoms. The maximum Gasteiger partial charge on any atom is 0.229 e. The fraction of sp³-hybridized carbons (Fsp3) is 0.118. The molecular weight excluding hydrogens is 354 g/mol. The third-order valence-corrected chi connectivity index (χ3v) is 3.76. The van der Waals surface area contributed by atoms with E-state index < -0.39 is 0 Å². The summed E-state index contributed by atoms with van der Waals surface area (Å²) in [7, 11) is 0. The molecule has 0 radical (unpaired) electrons. The van der Waals surface area contributed by atoms with Crippen molar-refractivity contribution in [2.24, 2.45) is 0 Å². The summed E-state index contributed by atoms with van der Waals surface area (Å²) in [6.45, 7) is 2.66. The maximum atomic E-state index is 4.47. The van der Waals surface area contributed by atoms with Gasteiger partial charge in [0.25, 0.3) is 0 Å². The van der Waals surface area contributed by atoms with Gasteiger partial charge in [0.15, 0.2) is 0 Å². The number of pyridine rings is 1. The van der Waals surface area contributed by atoms with Gasteiger partial charge in [-0.3, -0.25) is 4.98 Å². The Morgan fingerprint density at radius 2 is 1.96 bits per heavy atom. The average Bonchev–Trinajstić information content (AvgIpc) is 2.57. The summed E-state index contributed by atoms with van der Waals surface area (Å²) >= 11 is 3.46. The van der Waals surface area contributed by atoms with E-state index in [2.05, 4.69) is 41.5 Å². The van der Waals surface area contributed by atoms with Crippen LogP contribution in [0.15, 0.2) is 59.3 Å². The van der Waals surface area contributed by atoms with E-state index in [1.54, 1.807) is 12.4 Å². The van der Waals surface area contributed by atoms with Crippen LogP contribution >= 0.6 is 15.9 Å². The second-order valence-electron chi connectivity index (χ2n) is 5.02. The minimum atomic E-state index is 0.557. The zero-order chi connectivity index (χ0) is 16.1. The van der Waals surface area contributed by atoms with Gasteiger partial charge in [-0.15, -0.1) is 0 Å². The number of nitrogens with one attached hydrogen (secondary N) is 2. The highest BCUT2D eigenvalue weighted by molar-refractivity contribution is 9.10. The van der Waals surface area contributed by atoms with E-state index in [0.717, 1.165) is 27.2 Å². The Labute approximate surface area is 143 Å². The molecule has 0 fully saturated rings. The topological polar surface area (TPSA) is 62.7 Å². The second kappa shape index (κ2) is 7.19. The predicted molar refractivity (Wildman–Crippen MR) is 95.8 cm³/mol. The molecule has 0 saturated carbocycles. The quantitative estimate of drug-likeness (QED) is 0.701. The standard InChI is InChI=1S/C17H16BrN5/c1-12-10-13(18)5-6-15(12)22-17-20-9-7-16(23-17)21-11-14-4-2-3-8-19-14/h2-10H,11H2,1H3,(H2,20,21,22,23). The number of aryl methyl sites for hydroxylation is 1. The Kier molecular flexibility index (Phi) is 4.83. The van der Waals surface area contributed by atoms with Crippen molar-refractivity contribution >= 4 is 33.4 Å². The fourth-order valence-corrected chi connectivity index (χ4v) is 2.56. The molecule has 2 heterocycles. The van der Waals surface area contributed by atoms with Crippen LogP contribution < -0.4 is 10.6 Å². The van der Waals surface area contributed by atoms with Crippen LogP contribution in [0.25, 0.3) is 0 Å². The highest BCUT2D eigenvalue weighted by atomic mass is 79.9. The van der Waals surface area contributed by atoms with Crippen molar-refractivity contribution in [2.75, 3.05) is 10.6 Å². The van der Waals surface area contributed by atoms with Gasteiger partial charge in [0.1, 0.15) is 5.82 Å². The number of halogens is 1. The molecule has 6 heteroatoms. The zero-order valence-corrected chi connectivity index (χ0v) is 14.2. The molecule has 0 aliphatic carbocycles. The van der Waals surface area contributed by atoms with Crippen LogP contribution in [0.2, 0.25) is 0 Å². The SMILES string of the molecule is Cc1cc(Br)ccc1Nc1nccc(NCc2ccccn2)n1. The smallest absolute Gasteiger partial charge is 0.229 e. The molecule has 116 valence electrons. The van der Waals surface area contributed by atoms with E-state index >= 15 is 0 Å². The largest absolute Gasteiger partial charge is 0.364 e. The van der Waals surface area contributed by atoms with E-state index in [0.29, 0.717) is 12.5 Å². The van der Waals surface area contributed by atoms with E-state index in [9.17, 15) is 0 Å². The normalized spacial score (nSPS) is 10.3. The first-order valence-corrected chi connectivity index (χ1v) is 8.00. The molecule has 0 amide bonds. The van der Waals surface area contributed by atoms with Crippen LogP contribution in [0.1, 0.15) is 11.3 Å². The van der Waals surface area contributed by atoms with Crippen molar-refractivity contribution in [1.29, 1.82) is 0 Å². The third-order valence-electron chi connectivity index (χ3n) is 3.27. The Balaban J connectivity index is 1.69. The lowest BCUT2D eigenvalue weighted by atomic mass is 10.2. The van der Waals surface area contributed by atoms with Crippen molar-refractivity contribution in [2.45, 2.75) is 13.5 Å². The molecule has 3 aromatic rings. The molecule has 0 unspecified atom stereocenters. The van der Waals surface area contributed by atoms with Gasteiger partial charge in [0.05, 0.1) is 12.2 Å². The van der Waals surface area contributed by atoms with Crippen LogP contribution in [0.4, 0.5) is 17.5 Å². The van der Waals surface area contributed by atoms with E-state index in [1.165, 1.54) is 0 Å². The lowest BCUT2D eigenvalue weighted by molar-refractivity contribution is 1.02. The number of benzene rings is 1. The first kappa shape index (κ1) is 15.4. The van der Waals surface area contributed by atoms with Gasteiger partial charge in [0.2, 0.25) is 5.95 Å². The molecule has 0 aliphatic heterocycles. The van der Waals surface area contributed by atoms with Crippen molar-refractivity contribution < 1.29 is 0 Å². The molecule has 5 nitrogen and oxygen atoms in total. The van der Waals surface area contributed by atoms with Crippen LogP contribution in [0.3, 0.4) is 0 Å². The molecule has 23 heavy (non-hydrogen) atoms. The van der Waals surface area contributed by atoms with Crippen LogP contribution in [0.5, 0.6) is 0 Å². The summed E-state index contributed by atoms with van der Waals surface area (Å²) < 4.78 is 1.05. The molecule has 0 atom stereocenters. The minimum absolute atomic E-state index is 0.557. The van der Waals surface area contributed by atoms with E-state index in [1.807, 2.05) is 49.4 Å². The van der Waals surface area contributed by atoms with Crippen LogP contribution in [-0.4, -0.2) is 15.0 Å². The highest BCUT2D eigenvalue weighted by Gasteiger charge is 2.03. The Morgan fingerprint density at radius 1 is 1.04 bits per heavy atom. The number of rotatable bonds is 5. The number of anilines is 3. The van der Waals surface area contributed by atoms with Gasteiger partial charge in [-0.25, -0.2) is 4.98 Å². The maximum absolute atomic E-state index is 4.47. The predicted octanol–water partition coefficient (Wildman–Crippen LogP) is 4.30. The molecule has 0 bridgehead atoms. The Hall–Kier alpha value is -2.47. The summed E-state index contributed by atoms with van der Waals surface area (Å²) in [6.07, 6.45) is 3.50. The number of hydrogen-bond acceptors (Lipinski definition) is 5. The lowest BCUT2D eigenvalue weighted by Crippen LogP contribution is -2.05. The Morgan fingerprint density at radius 3 is 2.74 bits per heavy atom. The molecule has 0 aliphatic rings. The van der Waals surface area contributed by atoms with Crippen LogP contribution in [0, 0.1) is 6.92 Å². The minimum Gasteiger partial charge on any atom is -0.364 e. The fourth-order valence-electron chi connectivity index (χ4n) is 2.09. The zero-order valence-electron chi connectivity index (χ0n) is 12.6. The summed E-state index contributed by atoms with van der Waals surface area (Å²) in [6, 6.07) is 13.7. The third kappa shape index (κ3) is 4.26. The van der Waals surface area contributed by atoms with Gasteiger partial charge in [-0.2, -0.15) is 4.98 Å². The monoisotopic (exact) mass is 369 g/mol. The average molecular weight is 370 g/mol.